The van der Waals surface area contributed by atoms with Gasteiger partial charge in [-0.2, -0.15) is 0 Å². The molecule has 0 bridgehead atoms. The lowest BCUT2D eigenvalue weighted by Crippen LogP contribution is -2.55. The molecule has 0 unspecified atom stereocenters. The highest BCUT2D eigenvalue weighted by atomic mass is 16.3. The third kappa shape index (κ3) is 2.98. The number of ketones is 2. The van der Waals surface area contributed by atoms with Crippen molar-refractivity contribution in [2.24, 2.45) is 17.3 Å². The lowest BCUT2D eigenvalue weighted by Gasteiger charge is -2.54. The van der Waals surface area contributed by atoms with Crippen LogP contribution in [-0.2, 0) is 9.59 Å². The van der Waals surface area contributed by atoms with Crippen molar-refractivity contribution in [2.75, 3.05) is 19.0 Å². The predicted octanol–water partition coefficient (Wildman–Crippen LogP) is 4.97. The summed E-state index contributed by atoms with van der Waals surface area (Å²) in [5.41, 5.74) is 4.91. The molecule has 0 amide bonds. The second-order valence-electron chi connectivity index (χ2n) is 10.9. The molecule has 4 aliphatic carbocycles. The van der Waals surface area contributed by atoms with E-state index in [1.165, 1.54) is 22.3 Å². The highest BCUT2D eigenvalue weighted by Crippen LogP contribution is 2.66. The number of hydrogen-bond acceptors (Lipinski definition) is 4. The number of carbonyl (C=O) groups is 2. The third-order valence-corrected chi connectivity index (χ3v) is 9.28. The van der Waals surface area contributed by atoms with Crippen molar-refractivity contribution >= 4 is 17.3 Å². The molecule has 0 aliphatic heterocycles. The molecule has 5 atom stereocenters. The molecule has 0 aromatic heterocycles. The molecule has 4 heteroatoms. The first-order valence-corrected chi connectivity index (χ1v) is 12.1. The molecule has 2 fully saturated rings. The van der Waals surface area contributed by atoms with E-state index in [1.807, 2.05) is 20.2 Å². The van der Waals surface area contributed by atoms with Gasteiger partial charge in [0.25, 0.3) is 0 Å². The number of anilines is 1. The fraction of sp³-hybridized carbons (Fsp3) is 0.571. The minimum atomic E-state index is -1.24. The average Bonchev–Trinajstić information content (AvgIpc) is 3.04. The molecule has 32 heavy (non-hydrogen) atoms. The largest absolute Gasteiger partial charge is 0.382 e. The Morgan fingerprint density at radius 1 is 1.09 bits per heavy atom. The number of aliphatic hydroxyl groups is 1. The standard InChI is InChI=1S/C28H35NO3/c1-17(30)28(32)14-13-25-23-11-7-19-15-21(31)10-12-22(19)26(23)24(16-27(25,28)2)18-5-8-20(9-6-18)29(3)4/h5-6,8-9,15,23-25,32H,7,10-14,16H2,1-4H3/t23-,24+,25+,27+,28-/m0/s1. The lowest BCUT2D eigenvalue weighted by atomic mass is 9.51. The van der Waals surface area contributed by atoms with Gasteiger partial charge in [-0.1, -0.05) is 24.6 Å². The summed E-state index contributed by atoms with van der Waals surface area (Å²) in [7, 11) is 4.09. The molecule has 1 N–H and O–H groups in total. The van der Waals surface area contributed by atoms with Crippen molar-refractivity contribution in [2.45, 2.75) is 70.3 Å². The molecule has 2 saturated carbocycles. The van der Waals surface area contributed by atoms with Crippen LogP contribution in [0.3, 0.4) is 0 Å². The number of benzene rings is 1. The summed E-state index contributed by atoms with van der Waals surface area (Å²) in [4.78, 5) is 27.0. The summed E-state index contributed by atoms with van der Waals surface area (Å²) >= 11 is 0. The van der Waals surface area contributed by atoms with E-state index in [4.69, 9.17) is 0 Å². The number of hydrogen-bond donors (Lipinski definition) is 1. The van der Waals surface area contributed by atoms with E-state index in [0.29, 0.717) is 24.7 Å². The Bertz CT molecular complexity index is 1030. The first kappa shape index (κ1) is 21.6. The van der Waals surface area contributed by atoms with E-state index in [9.17, 15) is 14.7 Å². The van der Waals surface area contributed by atoms with E-state index in [-0.39, 0.29) is 17.5 Å². The number of allylic oxidation sites excluding steroid dienone is 4. The van der Waals surface area contributed by atoms with E-state index in [2.05, 4.69) is 36.1 Å². The lowest BCUT2D eigenvalue weighted by molar-refractivity contribution is -0.152. The normalized spacial score (nSPS) is 36.2. The monoisotopic (exact) mass is 433 g/mol. The molecular weight excluding hydrogens is 398 g/mol. The van der Waals surface area contributed by atoms with Gasteiger partial charge in [0.05, 0.1) is 0 Å². The zero-order valence-electron chi connectivity index (χ0n) is 19.8. The fourth-order valence-electron chi connectivity index (χ4n) is 7.55. The SMILES string of the molecule is CC(=O)[C@@]1(O)CC[C@@H]2[C@@H]3CCC4=CC(=O)CCC4=C3[C@@H](c3ccc(N(C)C)cc3)C[C@]21C. The molecule has 1 aromatic carbocycles. The maximum absolute atomic E-state index is 12.7. The van der Waals surface area contributed by atoms with Gasteiger partial charge in [-0.15, -0.1) is 0 Å². The molecule has 1 aromatic rings. The van der Waals surface area contributed by atoms with Crippen LogP contribution in [-0.4, -0.2) is 36.4 Å². The molecule has 0 radical (unpaired) electrons. The first-order chi connectivity index (χ1) is 15.2. The smallest absolute Gasteiger partial charge is 0.161 e. The van der Waals surface area contributed by atoms with E-state index >= 15 is 0 Å². The molecule has 4 aliphatic rings. The van der Waals surface area contributed by atoms with Crippen LogP contribution in [0.4, 0.5) is 5.69 Å². The Morgan fingerprint density at radius 3 is 2.47 bits per heavy atom. The number of rotatable bonds is 3. The van der Waals surface area contributed by atoms with Gasteiger partial charge in [0.2, 0.25) is 0 Å². The van der Waals surface area contributed by atoms with E-state index in [0.717, 1.165) is 37.8 Å². The van der Waals surface area contributed by atoms with E-state index < -0.39 is 11.0 Å². The second kappa shape index (κ2) is 7.41. The second-order valence-corrected chi connectivity index (χ2v) is 10.9. The number of nitrogens with zero attached hydrogens (tertiary/aromatic N) is 1. The van der Waals surface area contributed by atoms with Gasteiger partial charge < -0.3 is 10.0 Å². The Kier molecular flexibility index (Phi) is 5.01. The van der Waals surface area contributed by atoms with Crippen LogP contribution in [0.1, 0.15) is 70.3 Å². The van der Waals surface area contributed by atoms with Gasteiger partial charge in [-0.05, 0) is 92.2 Å². The van der Waals surface area contributed by atoms with Gasteiger partial charge in [0, 0.05) is 37.5 Å². The summed E-state index contributed by atoms with van der Waals surface area (Å²) in [5, 5.41) is 11.6. The zero-order chi connectivity index (χ0) is 22.8. The zero-order valence-corrected chi connectivity index (χ0v) is 19.8. The van der Waals surface area contributed by atoms with Crippen LogP contribution in [0.5, 0.6) is 0 Å². The van der Waals surface area contributed by atoms with Crippen LogP contribution in [0.15, 0.2) is 47.1 Å². The Hall–Kier alpha value is -2.20. The maximum Gasteiger partial charge on any atom is 0.161 e. The van der Waals surface area contributed by atoms with Gasteiger partial charge in [-0.25, -0.2) is 0 Å². The molecule has 5 rings (SSSR count). The Morgan fingerprint density at radius 2 is 1.81 bits per heavy atom. The highest BCUT2D eigenvalue weighted by Gasteiger charge is 2.64. The summed E-state index contributed by atoms with van der Waals surface area (Å²) in [6.45, 7) is 3.74. The summed E-state index contributed by atoms with van der Waals surface area (Å²) in [5.74, 6) is 1.03. The van der Waals surface area contributed by atoms with Gasteiger partial charge in [-0.3, -0.25) is 9.59 Å². The maximum atomic E-state index is 12.7. The predicted molar refractivity (Wildman–Crippen MR) is 127 cm³/mol. The minimum Gasteiger partial charge on any atom is -0.382 e. The Balaban J connectivity index is 1.67. The van der Waals surface area contributed by atoms with Crippen LogP contribution >= 0.6 is 0 Å². The van der Waals surface area contributed by atoms with Crippen molar-refractivity contribution in [1.82, 2.24) is 0 Å². The van der Waals surface area contributed by atoms with Crippen molar-refractivity contribution in [3.63, 3.8) is 0 Å². The first-order valence-electron chi connectivity index (χ1n) is 12.1. The van der Waals surface area contributed by atoms with Crippen molar-refractivity contribution in [3.8, 4) is 0 Å². The highest BCUT2D eigenvalue weighted by molar-refractivity contribution is 5.93. The summed E-state index contributed by atoms with van der Waals surface area (Å²) in [6.07, 6.45) is 7.53. The fourth-order valence-corrected chi connectivity index (χ4v) is 7.55. The molecule has 0 heterocycles. The van der Waals surface area contributed by atoms with Crippen LogP contribution in [0, 0.1) is 17.3 Å². The molecular formula is C28H35NO3. The molecule has 0 spiro atoms. The van der Waals surface area contributed by atoms with Crippen molar-refractivity contribution in [3.05, 3.63) is 52.6 Å². The third-order valence-electron chi connectivity index (χ3n) is 9.28. The average molecular weight is 434 g/mol. The van der Waals surface area contributed by atoms with Crippen LogP contribution in [0.25, 0.3) is 0 Å². The van der Waals surface area contributed by atoms with Gasteiger partial charge in [0.1, 0.15) is 5.60 Å². The van der Waals surface area contributed by atoms with Crippen molar-refractivity contribution < 1.29 is 14.7 Å². The van der Waals surface area contributed by atoms with Gasteiger partial charge >= 0.3 is 0 Å². The number of Topliss-reactive ketones (excluding diaryl/α,β-unsaturated/α-hetero) is 1. The number of fused-ring (bicyclic) bond motifs is 4. The summed E-state index contributed by atoms with van der Waals surface area (Å²) in [6, 6.07) is 8.78. The quantitative estimate of drug-likeness (QED) is 0.731. The van der Waals surface area contributed by atoms with E-state index in [1.54, 1.807) is 6.92 Å². The molecule has 170 valence electrons. The van der Waals surface area contributed by atoms with Crippen molar-refractivity contribution in [1.29, 1.82) is 0 Å². The topological polar surface area (TPSA) is 57.6 Å². The van der Waals surface area contributed by atoms with Crippen LogP contribution < -0.4 is 4.90 Å². The number of carbonyl (C=O) groups excluding carboxylic acids is 2. The molecule has 0 saturated heterocycles. The minimum absolute atomic E-state index is 0.0834. The molecule has 4 nitrogen and oxygen atoms in total. The van der Waals surface area contributed by atoms with Gasteiger partial charge in [0.15, 0.2) is 11.6 Å². The Labute approximate surface area is 191 Å². The summed E-state index contributed by atoms with van der Waals surface area (Å²) < 4.78 is 0. The van der Waals surface area contributed by atoms with Crippen LogP contribution in [0.2, 0.25) is 0 Å².